The van der Waals surface area contributed by atoms with Crippen molar-refractivity contribution in [1.29, 1.82) is 0 Å². The van der Waals surface area contributed by atoms with Crippen molar-refractivity contribution in [1.82, 2.24) is 0 Å². The van der Waals surface area contributed by atoms with Crippen molar-refractivity contribution < 1.29 is 15.0 Å². The molecule has 1 rings (SSSR count). The molecule has 0 aromatic carbocycles. The number of carboxylic acid groups (broad SMARTS) is 1. The summed E-state index contributed by atoms with van der Waals surface area (Å²) in [6, 6.07) is 0. The summed E-state index contributed by atoms with van der Waals surface area (Å²) >= 11 is 0. The maximum atomic E-state index is 10.9. The van der Waals surface area contributed by atoms with Crippen LogP contribution in [0.5, 0.6) is 0 Å². The third-order valence-corrected chi connectivity index (χ3v) is 3.38. The van der Waals surface area contributed by atoms with Crippen LogP contribution in [-0.2, 0) is 4.79 Å². The van der Waals surface area contributed by atoms with Gasteiger partial charge in [0.25, 0.3) is 0 Å². The van der Waals surface area contributed by atoms with Gasteiger partial charge in [-0.3, -0.25) is 4.79 Å². The zero-order valence-electron chi connectivity index (χ0n) is 8.99. The second-order valence-corrected chi connectivity index (χ2v) is 4.66. The third kappa shape index (κ3) is 2.47. The van der Waals surface area contributed by atoms with Crippen LogP contribution in [0.3, 0.4) is 0 Å². The quantitative estimate of drug-likeness (QED) is 0.714. The normalized spacial score (nSPS) is 23.6. The molecule has 0 bridgehead atoms. The van der Waals surface area contributed by atoms with E-state index in [0.717, 1.165) is 12.8 Å². The van der Waals surface area contributed by atoms with Crippen LogP contribution in [0.4, 0.5) is 0 Å². The van der Waals surface area contributed by atoms with Gasteiger partial charge >= 0.3 is 5.97 Å². The van der Waals surface area contributed by atoms with Gasteiger partial charge in [0.2, 0.25) is 0 Å². The van der Waals surface area contributed by atoms with Gasteiger partial charge in [-0.2, -0.15) is 0 Å². The van der Waals surface area contributed by atoms with Crippen LogP contribution >= 0.6 is 0 Å². The SMILES string of the molecule is CCC(C(=O)O)C(C)(O)CC1CCC1. The molecule has 0 radical (unpaired) electrons. The number of carbonyl (C=O) groups is 1. The highest BCUT2D eigenvalue weighted by Gasteiger charge is 2.38. The molecular formula is C11H20O3. The molecule has 1 aliphatic carbocycles. The summed E-state index contributed by atoms with van der Waals surface area (Å²) in [5.41, 5.74) is -1.04. The standard InChI is InChI=1S/C11H20O3/c1-3-9(10(12)13)11(2,14)7-8-5-4-6-8/h8-9,14H,3-7H2,1-2H3,(H,12,13). The first kappa shape index (κ1) is 11.5. The molecule has 2 unspecified atom stereocenters. The summed E-state index contributed by atoms with van der Waals surface area (Å²) in [5, 5.41) is 19.1. The lowest BCUT2D eigenvalue weighted by Gasteiger charge is -2.36. The van der Waals surface area contributed by atoms with Gasteiger partial charge in [-0.05, 0) is 25.7 Å². The van der Waals surface area contributed by atoms with E-state index in [0.29, 0.717) is 18.8 Å². The number of hydrogen-bond acceptors (Lipinski definition) is 2. The van der Waals surface area contributed by atoms with Gasteiger partial charge in [0, 0.05) is 0 Å². The van der Waals surface area contributed by atoms with E-state index < -0.39 is 17.5 Å². The Labute approximate surface area is 85.1 Å². The molecule has 2 atom stereocenters. The fraction of sp³-hybridized carbons (Fsp3) is 0.909. The zero-order valence-corrected chi connectivity index (χ0v) is 8.99. The van der Waals surface area contributed by atoms with Crippen molar-refractivity contribution in [2.24, 2.45) is 11.8 Å². The van der Waals surface area contributed by atoms with E-state index in [1.54, 1.807) is 6.92 Å². The van der Waals surface area contributed by atoms with E-state index in [1.807, 2.05) is 6.92 Å². The highest BCUT2D eigenvalue weighted by molar-refractivity contribution is 5.71. The first-order chi connectivity index (χ1) is 6.47. The fourth-order valence-electron chi connectivity index (χ4n) is 2.30. The monoisotopic (exact) mass is 200 g/mol. The largest absolute Gasteiger partial charge is 0.481 e. The van der Waals surface area contributed by atoms with Crippen LogP contribution in [0.2, 0.25) is 0 Å². The number of hydrogen-bond donors (Lipinski definition) is 2. The van der Waals surface area contributed by atoms with E-state index in [1.165, 1.54) is 6.42 Å². The Bertz CT molecular complexity index is 207. The minimum absolute atomic E-state index is 0.495. The van der Waals surface area contributed by atoms with Gasteiger partial charge in [0.15, 0.2) is 0 Å². The average Bonchev–Trinajstić information content (AvgIpc) is 1.97. The van der Waals surface area contributed by atoms with E-state index in [2.05, 4.69) is 0 Å². The molecule has 3 nitrogen and oxygen atoms in total. The van der Waals surface area contributed by atoms with E-state index in [4.69, 9.17) is 5.11 Å². The van der Waals surface area contributed by atoms with Crippen LogP contribution in [0, 0.1) is 11.8 Å². The van der Waals surface area contributed by atoms with Crippen molar-refractivity contribution in [2.45, 2.75) is 51.6 Å². The minimum atomic E-state index is -1.04. The van der Waals surface area contributed by atoms with Crippen molar-refractivity contribution in [3.8, 4) is 0 Å². The van der Waals surface area contributed by atoms with E-state index >= 15 is 0 Å². The predicted octanol–water partition coefficient (Wildman–Crippen LogP) is 2.04. The summed E-state index contributed by atoms with van der Waals surface area (Å²) in [6.07, 6.45) is 4.65. The lowest BCUT2D eigenvalue weighted by molar-refractivity contribution is -0.153. The molecule has 82 valence electrons. The molecule has 2 N–H and O–H groups in total. The predicted molar refractivity (Wildman–Crippen MR) is 54.0 cm³/mol. The molecule has 3 heteroatoms. The Morgan fingerprint density at radius 1 is 1.57 bits per heavy atom. The van der Waals surface area contributed by atoms with Crippen LogP contribution in [0.25, 0.3) is 0 Å². The Balaban J connectivity index is 2.55. The van der Waals surface area contributed by atoms with Crippen molar-refractivity contribution in [3.05, 3.63) is 0 Å². The molecule has 1 saturated carbocycles. The van der Waals surface area contributed by atoms with Crippen molar-refractivity contribution >= 4 is 5.97 Å². The minimum Gasteiger partial charge on any atom is -0.481 e. The maximum Gasteiger partial charge on any atom is 0.309 e. The summed E-state index contributed by atoms with van der Waals surface area (Å²) in [6.45, 7) is 3.47. The molecular weight excluding hydrogens is 180 g/mol. The van der Waals surface area contributed by atoms with Crippen LogP contribution in [0.15, 0.2) is 0 Å². The number of aliphatic carboxylic acids is 1. The van der Waals surface area contributed by atoms with Gasteiger partial charge < -0.3 is 10.2 Å². The topological polar surface area (TPSA) is 57.5 Å². The molecule has 0 spiro atoms. The zero-order chi connectivity index (χ0) is 10.8. The molecule has 1 fully saturated rings. The van der Waals surface area contributed by atoms with Crippen molar-refractivity contribution in [2.75, 3.05) is 0 Å². The van der Waals surface area contributed by atoms with Gasteiger partial charge in [-0.15, -0.1) is 0 Å². The summed E-state index contributed by atoms with van der Waals surface area (Å²) in [4.78, 5) is 10.9. The van der Waals surface area contributed by atoms with Crippen LogP contribution < -0.4 is 0 Å². The van der Waals surface area contributed by atoms with Gasteiger partial charge in [-0.1, -0.05) is 26.2 Å². The number of carboxylic acids is 1. The highest BCUT2D eigenvalue weighted by atomic mass is 16.4. The Morgan fingerprint density at radius 2 is 2.14 bits per heavy atom. The second kappa shape index (κ2) is 4.30. The molecule has 0 aromatic heterocycles. The van der Waals surface area contributed by atoms with Crippen LogP contribution in [0.1, 0.15) is 46.0 Å². The highest BCUT2D eigenvalue weighted by Crippen LogP contribution is 2.37. The molecule has 0 amide bonds. The van der Waals surface area contributed by atoms with E-state index in [9.17, 15) is 9.90 Å². The first-order valence-electron chi connectivity index (χ1n) is 5.42. The third-order valence-electron chi connectivity index (χ3n) is 3.38. The summed E-state index contributed by atoms with van der Waals surface area (Å²) < 4.78 is 0. The van der Waals surface area contributed by atoms with Crippen LogP contribution in [-0.4, -0.2) is 21.8 Å². The van der Waals surface area contributed by atoms with E-state index in [-0.39, 0.29) is 0 Å². The number of aliphatic hydroxyl groups is 1. The fourth-order valence-corrected chi connectivity index (χ4v) is 2.30. The average molecular weight is 200 g/mol. The smallest absolute Gasteiger partial charge is 0.309 e. The lowest BCUT2D eigenvalue weighted by atomic mass is 9.73. The maximum absolute atomic E-state index is 10.9. The molecule has 0 heterocycles. The summed E-state index contributed by atoms with van der Waals surface area (Å²) in [5.74, 6) is -0.960. The molecule has 14 heavy (non-hydrogen) atoms. The Hall–Kier alpha value is -0.570. The first-order valence-corrected chi connectivity index (χ1v) is 5.42. The Kier molecular flexibility index (Phi) is 3.53. The molecule has 0 saturated heterocycles. The molecule has 0 aliphatic heterocycles. The van der Waals surface area contributed by atoms with Gasteiger partial charge in [0.1, 0.15) is 0 Å². The molecule has 1 aliphatic rings. The second-order valence-electron chi connectivity index (χ2n) is 4.66. The summed E-state index contributed by atoms with van der Waals surface area (Å²) in [7, 11) is 0. The Morgan fingerprint density at radius 3 is 2.43 bits per heavy atom. The van der Waals surface area contributed by atoms with Crippen molar-refractivity contribution in [3.63, 3.8) is 0 Å². The molecule has 0 aromatic rings. The number of rotatable bonds is 5. The lowest BCUT2D eigenvalue weighted by Crippen LogP contribution is -2.41. The van der Waals surface area contributed by atoms with Gasteiger partial charge in [-0.25, -0.2) is 0 Å². The van der Waals surface area contributed by atoms with Gasteiger partial charge in [0.05, 0.1) is 11.5 Å².